The number of aliphatic carboxylic acids is 1. The lowest BCUT2D eigenvalue weighted by Gasteiger charge is -2.21. The molecule has 5 heteroatoms. The van der Waals surface area contributed by atoms with Gasteiger partial charge in [-0.2, -0.15) is 0 Å². The molecular weight excluding hydrogens is 230 g/mol. The number of aromatic nitrogens is 2. The molecule has 0 amide bonds. The molecule has 1 atom stereocenters. The summed E-state index contributed by atoms with van der Waals surface area (Å²) in [6.07, 6.45) is 8.34. The van der Waals surface area contributed by atoms with Crippen molar-refractivity contribution in [2.24, 2.45) is 12.8 Å². The van der Waals surface area contributed by atoms with E-state index in [1.165, 1.54) is 32.1 Å². The SMILES string of the molecule is Cn1c(CC(N)C(=O)O)cnc1C1CCCCC1. The maximum Gasteiger partial charge on any atom is 0.320 e. The van der Waals surface area contributed by atoms with Gasteiger partial charge in [0.1, 0.15) is 11.9 Å². The fourth-order valence-corrected chi connectivity index (χ4v) is 2.70. The molecule has 1 aliphatic rings. The van der Waals surface area contributed by atoms with Gasteiger partial charge < -0.3 is 15.4 Å². The van der Waals surface area contributed by atoms with E-state index in [0.29, 0.717) is 12.3 Å². The first-order valence-corrected chi connectivity index (χ1v) is 6.58. The highest BCUT2D eigenvalue weighted by Crippen LogP contribution is 2.31. The standard InChI is InChI=1S/C13H21N3O2/c1-16-10(7-11(14)13(17)18)8-15-12(16)9-5-3-2-4-6-9/h8-9,11H,2-7,14H2,1H3,(H,17,18). The van der Waals surface area contributed by atoms with Crippen molar-refractivity contribution < 1.29 is 9.90 Å². The summed E-state index contributed by atoms with van der Waals surface area (Å²) >= 11 is 0. The van der Waals surface area contributed by atoms with Crippen molar-refractivity contribution in [3.63, 3.8) is 0 Å². The van der Waals surface area contributed by atoms with E-state index in [-0.39, 0.29) is 0 Å². The normalized spacial score (nSPS) is 18.8. The van der Waals surface area contributed by atoms with E-state index in [2.05, 4.69) is 4.98 Å². The minimum Gasteiger partial charge on any atom is -0.480 e. The van der Waals surface area contributed by atoms with Crippen LogP contribution in [-0.4, -0.2) is 26.7 Å². The van der Waals surface area contributed by atoms with Gasteiger partial charge in [-0.1, -0.05) is 19.3 Å². The number of carboxylic acids is 1. The van der Waals surface area contributed by atoms with Gasteiger partial charge in [-0.25, -0.2) is 4.98 Å². The Morgan fingerprint density at radius 3 is 2.83 bits per heavy atom. The lowest BCUT2D eigenvalue weighted by Crippen LogP contribution is -2.33. The molecule has 18 heavy (non-hydrogen) atoms. The molecule has 1 aromatic heterocycles. The van der Waals surface area contributed by atoms with E-state index in [9.17, 15) is 4.79 Å². The first-order chi connectivity index (χ1) is 8.59. The van der Waals surface area contributed by atoms with Crippen molar-refractivity contribution in [1.29, 1.82) is 0 Å². The van der Waals surface area contributed by atoms with Crippen molar-refractivity contribution in [2.75, 3.05) is 0 Å². The van der Waals surface area contributed by atoms with Crippen LogP contribution in [0.3, 0.4) is 0 Å². The predicted octanol–water partition coefficient (Wildman–Crippen LogP) is 1.42. The van der Waals surface area contributed by atoms with Crippen LogP contribution in [0.25, 0.3) is 0 Å². The monoisotopic (exact) mass is 251 g/mol. The molecule has 0 aromatic carbocycles. The first-order valence-electron chi connectivity index (χ1n) is 6.58. The van der Waals surface area contributed by atoms with Gasteiger partial charge in [0.15, 0.2) is 0 Å². The van der Waals surface area contributed by atoms with Crippen LogP contribution in [0.1, 0.15) is 49.5 Å². The highest BCUT2D eigenvalue weighted by atomic mass is 16.4. The van der Waals surface area contributed by atoms with Crippen molar-refractivity contribution in [2.45, 2.75) is 50.5 Å². The van der Waals surface area contributed by atoms with Crippen LogP contribution in [0, 0.1) is 0 Å². The molecule has 1 unspecified atom stereocenters. The van der Waals surface area contributed by atoms with E-state index in [1.54, 1.807) is 6.20 Å². The van der Waals surface area contributed by atoms with Crippen molar-refractivity contribution in [3.8, 4) is 0 Å². The Bertz CT molecular complexity index is 422. The molecule has 2 rings (SSSR count). The minimum absolute atomic E-state index is 0.339. The average molecular weight is 251 g/mol. The van der Waals surface area contributed by atoms with Gasteiger partial charge in [0.05, 0.1) is 0 Å². The molecule has 1 aliphatic carbocycles. The Balaban J connectivity index is 2.10. The number of nitrogens with two attached hydrogens (primary N) is 1. The van der Waals surface area contributed by atoms with Crippen LogP contribution in [0.5, 0.6) is 0 Å². The molecule has 0 spiro atoms. The second-order valence-electron chi connectivity index (χ2n) is 5.15. The molecule has 3 N–H and O–H groups in total. The molecule has 1 aromatic rings. The average Bonchev–Trinajstić information content (AvgIpc) is 2.72. The van der Waals surface area contributed by atoms with Crippen molar-refractivity contribution in [3.05, 3.63) is 17.7 Å². The lowest BCUT2D eigenvalue weighted by atomic mass is 9.89. The number of rotatable bonds is 4. The quantitative estimate of drug-likeness (QED) is 0.848. The van der Waals surface area contributed by atoms with E-state index >= 15 is 0 Å². The molecule has 0 bridgehead atoms. The largest absolute Gasteiger partial charge is 0.480 e. The molecule has 0 saturated heterocycles. The van der Waals surface area contributed by atoms with Crippen LogP contribution in [0.4, 0.5) is 0 Å². The summed E-state index contributed by atoms with van der Waals surface area (Å²) in [6, 6.07) is -0.848. The van der Waals surface area contributed by atoms with Crippen LogP contribution >= 0.6 is 0 Å². The van der Waals surface area contributed by atoms with Gasteiger partial charge in [-0.3, -0.25) is 4.79 Å². The highest BCUT2D eigenvalue weighted by molar-refractivity contribution is 5.73. The highest BCUT2D eigenvalue weighted by Gasteiger charge is 2.22. The van der Waals surface area contributed by atoms with Crippen LogP contribution in [0.15, 0.2) is 6.20 Å². The zero-order chi connectivity index (χ0) is 13.1. The molecule has 1 saturated carbocycles. The van der Waals surface area contributed by atoms with Gasteiger partial charge in [0.25, 0.3) is 0 Å². The van der Waals surface area contributed by atoms with E-state index in [4.69, 9.17) is 10.8 Å². The maximum absolute atomic E-state index is 10.8. The third-order valence-corrected chi connectivity index (χ3v) is 3.84. The Kier molecular flexibility index (Phi) is 4.01. The Hall–Kier alpha value is -1.36. The second-order valence-corrected chi connectivity index (χ2v) is 5.15. The number of carboxylic acid groups (broad SMARTS) is 1. The number of carbonyl (C=O) groups is 1. The zero-order valence-electron chi connectivity index (χ0n) is 10.8. The summed E-state index contributed by atoms with van der Waals surface area (Å²) < 4.78 is 2.03. The van der Waals surface area contributed by atoms with Gasteiger partial charge in [-0.15, -0.1) is 0 Å². The topological polar surface area (TPSA) is 81.1 Å². The summed E-state index contributed by atoms with van der Waals surface area (Å²) in [5, 5.41) is 8.84. The van der Waals surface area contributed by atoms with Crippen LogP contribution in [-0.2, 0) is 18.3 Å². The Morgan fingerprint density at radius 1 is 1.56 bits per heavy atom. The smallest absolute Gasteiger partial charge is 0.320 e. The number of nitrogens with zero attached hydrogens (tertiary/aromatic N) is 2. The fourth-order valence-electron chi connectivity index (χ4n) is 2.70. The van der Waals surface area contributed by atoms with Crippen molar-refractivity contribution >= 4 is 5.97 Å². The Labute approximate surface area is 107 Å². The molecular formula is C13H21N3O2. The van der Waals surface area contributed by atoms with Gasteiger partial charge in [-0.05, 0) is 12.8 Å². The van der Waals surface area contributed by atoms with Crippen molar-refractivity contribution in [1.82, 2.24) is 9.55 Å². The minimum atomic E-state index is -0.963. The summed E-state index contributed by atoms with van der Waals surface area (Å²) in [5.74, 6) is 0.649. The molecule has 1 heterocycles. The van der Waals surface area contributed by atoms with E-state index < -0.39 is 12.0 Å². The summed E-state index contributed by atoms with van der Waals surface area (Å²) in [5.41, 5.74) is 6.47. The second kappa shape index (κ2) is 5.52. The zero-order valence-corrected chi connectivity index (χ0v) is 10.8. The number of imidazole rings is 1. The lowest BCUT2D eigenvalue weighted by molar-refractivity contribution is -0.138. The molecule has 100 valence electrons. The van der Waals surface area contributed by atoms with Gasteiger partial charge in [0, 0.05) is 31.3 Å². The fraction of sp³-hybridized carbons (Fsp3) is 0.692. The molecule has 0 aliphatic heterocycles. The van der Waals surface area contributed by atoms with Crippen LogP contribution in [0.2, 0.25) is 0 Å². The summed E-state index contributed by atoms with van der Waals surface area (Å²) in [6.45, 7) is 0. The van der Waals surface area contributed by atoms with E-state index in [1.807, 2.05) is 11.6 Å². The van der Waals surface area contributed by atoms with Gasteiger partial charge >= 0.3 is 5.97 Å². The molecule has 0 radical (unpaired) electrons. The number of hydrogen-bond donors (Lipinski definition) is 2. The first kappa shape index (κ1) is 13.1. The maximum atomic E-state index is 10.8. The van der Waals surface area contributed by atoms with Crippen LogP contribution < -0.4 is 5.73 Å². The number of hydrogen-bond acceptors (Lipinski definition) is 3. The molecule has 1 fully saturated rings. The predicted molar refractivity (Wildman–Crippen MR) is 68.3 cm³/mol. The Morgan fingerprint density at radius 2 is 2.22 bits per heavy atom. The summed E-state index contributed by atoms with van der Waals surface area (Å²) in [7, 11) is 1.96. The van der Waals surface area contributed by atoms with Gasteiger partial charge in [0.2, 0.25) is 0 Å². The summed E-state index contributed by atoms with van der Waals surface area (Å²) in [4.78, 5) is 15.2. The molecule has 5 nitrogen and oxygen atoms in total. The van der Waals surface area contributed by atoms with E-state index in [0.717, 1.165) is 11.5 Å². The third kappa shape index (κ3) is 2.72. The third-order valence-electron chi connectivity index (χ3n) is 3.84.